The van der Waals surface area contributed by atoms with E-state index in [-0.39, 0.29) is 5.91 Å². The van der Waals surface area contributed by atoms with Gasteiger partial charge >= 0.3 is 0 Å². The molecule has 0 atom stereocenters. The highest BCUT2D eigenvalue weighted by Gasteiger charge is 2.26. The number of rotatable bonds is 6. The molecule has 21 heavy (non-hydrogen) atoms. The lowest BCUT2D eigenvalue weighted by Gasteiger charge is -2.28. The molecule has 3 nitrogen and oxygen atoms in total. The summed E-state index contributed by atoms with van der Waals surface area (Å²) in [4.78, 5) is 14.9. The van der Waals surface area contributed by atoms with E-state index < -0.39 is 0 Å². The van der Waals surface area contributed by atoms with Gasteiger partial charge in [-0.3, -0.25) is 4.79 Å². The van der Waals surface area contributed by atoms with Crippen LogP contribution >= 0.6 is 0 Å². The first kappa shape index (κ1) is 15.9. The van der Waals surface area contributed by atoms with E-state index in [0.717, 1.165) is 49.2 Å². The number of nitrogens with zero attached hydrogens (tertiary/aromatic N) is 1. The molecule has 1 aromatic carbocycles. The molecule has 1 fully saturated rings. The lowest BCUT2D eigenvalue weighted by molar-refractivity contribution is 0.0693. The molecular formula is C18H28N2O. The normalized spacial score (nSPS) is 15.2. The Morgan fingerprint density at radius 3 is 2.57 bits per heavy atom. The Morgan fingerprint density at radius 1 is 1.29 bits per heavy atom. The Balaban J connectivity index is 2.13. The van der Waals surface area contributed by atoms with Crippen molar-refractivity contribution >= 4 is 11.6 Å². The quantitative estimate of drug-likeness (QED) is 0.850. The highest BCUT2D eigenvalue weighted by atomic mass is 16.2. The van der Waals surface area contributed by atoms with Crippen LogP contribution in [0.1, 0.15) is 61.9 Å². The van der Waals surface area contributed by atoms with E-state index in [2.05, 4.69) is 30.1 Å². The van der Waals surface area contributed by atoms with Crippen LogP contribution in [0.3, 0.4) is 0 Å². The van der Waals surface area contributed by atoms with Crippen molar-refractivity contribution in [3.63, 3.8) is 0 Å². The zero-order chi connectivity index (χ0) is 15.2. The van der Waals surface area contributed by atoms with Gasteiger partial charge in [-0.1, -0.05) is 19.8 Å². The first-order valence-corrected chi connectivity index (χ1v) is 8.32. The third kappa shape index (κ3) is 3.78. The zero-order valence-electron chi connectivity index (χ0n) is 13.6. The van der Waals surface area contributed by atoms with Crippen molar-refractivity contribution in [1.29, 1.82) is 0 Å². The van der Waals surface area contributed by atoms with Gasteiger partial charge in [0.1, 0.15) is 0 Å². The third-order valence-corrected chi connectivity index (χ3v) is 4.40. The van der Waals surface area contributed by atoms with Crippen molar-refractivity contribution in [2.75, 3.05) is 18.4 Å². The van der Waals surface area contributed by atoms with Crippen LogP contribution in [-0.2, 0) is 0 Å². The summed E-state index contributed by atoms with van der Waals surface area (Å²) >= 11 is 0. The molecule has 1 saturated carbocycles. The van der Waals surface area contributed by atoms with Gasteiger partial charge < -0.3 is 10.2 Å². The van der Waals surface area contributed by atoms with Gasteiger partial charge in [-0.2, -0.15) is 0 Å². The summed E-state index contributed by atoms with van der Waals surface area (Å²) in [7, 11) is 0. The van der Waals surface area contributed by atoms with E-state index in [0.29, 0.717) is 6.04 Å². The van der Waals surface area contributed by atoms with E-state index >= 15 is 0 Å². The van der Waals surface area contributed by atoms with E-state index in [1.165, 1.54) is 12.8 Å². The number of anilines is 1. The Kier molecular flexibility index (Phi) is 5.66. The lowest BCUT2D eigenvalue weighted by atomic mass is 10.0. The summed E-state index contributed by atoms with van der Waals surface area (Å²) in [5.41, 5.74) is 3.03. The molecule has 1 aliphatic rings. The van der Waals surface area contributed by atoms with Gasteiger partial charge in [0.25, 0.3) is 5.91 Å². The fraction of sp³-hybridized carbons (Fsp3) is 0.611. The molecule has 1 amide bonds. The van der Waals surface area contributed by atoms with Gasteiger partial charge in [-0.15, -0.1) is 0 Å². The zero-order valence-corrected chi connectivity index (χ0v) is 13.6. The molecule has 0 unspecified atom stereocenters. The first-order chi connectivity index (χ1) is 10.2. The number of benzene rings is 1. The molecule has 0 aliphatic heterocycles. The molecule has 1 aromatic rings. The predicted molar refractivity (Wildman–Crippen MR) is 88.9 cm³/mol. The minimum absolute atomic E-state index is 0.198. The Bertz CT molecular complexity index is 478. The maximum Gasteiger partial charge on any atom is 0.254 e. The maximum atomic E-state index is 12.8. The number of hydrogen-bond acceptors (Lipinski definition) is 2. The highest BCUT2D eigenvalue weighted by molar-refractivity contribution is 5.96. The predicted octanol–water partition coefficient (Wildman–Crippen LogP) is 4.22. The summed E-state index contributed by atoms with van der Waals surface area (Å²) in [5, 5.41) is 3.37. The number of carbonyl (C=O) groups excluding carboxylic acids is 1. The van der Waals surface area contributed by atoms with Gasteiger partial charge in [-0.25, -0.2) is 0 Å². The molecule has 1 aliphatic carbocycles. The number of carbonyl (C=O) groups is 1. The molecule has 0 saturated heterocycles. The third-order valence-electron chi connectivity index (χ3n) is 4.40. The number of nitrogens with one attached hydrogen (secondary N) is 1. The smallest absolute Gasteiger partial charge is 0.254 e. The van der Waals surface area contributed by atoms with Crippen molar-refractivity contribution in [3.05, 3.63) is 29.3 Å². The summed E-state index contributed by atoms with van der Waals surface area (Å²) < 4.78 is 0. The molecule has 0 radical (unpaired) electrons. The monoisotopic (exact) mass is 288 g/mol. The molecule has 3 heteroatoms. The van der Waals surface area contributed by atoms with Gasteiger partial charge in [0.2, 0.25) is 0 Å². The van der Waals surface area contributed by atoms with Gasteiger partial charge in [-0.05, 0) is 56.9 Å². The van der Waals surface area contributed by atoms with Crippen LogP contribution in [0.4, 0.5) is 5.69 Å². The summed E-state index contributed by atoms with van der Waals surface area (Å²) in [6, 6.07) is 6.54. The van der Waals surface area contributed by atoms with Crippen molar-refractivity contribution < 1.29 is 4.79 Å². The van der Waals surface area contributed by atoms with Crippen LogP contribution in [0.25, 0.3) is 0 Å². The molecule has 0 aromatic heterocycles. The van der Waals surface area contributed by atoms with Crippen molar-refractivity contribution in [2.24, 2.45) is 0 Å². The highest BCUT2D eigenvalue weighted by Crippen LogP contribution is 2.26. The topological polar surface area (TPSA) is 32.3 Å². The van der Waals surface area contributed by atoms with Crippen LogP contribution in [0, 0.1) is 6.92 Å². The fourth-order valence-electron chi connectivity index (χ4n) is 3.22. The molecule has 2 rings (SSSR count). The molecule has 0 spiro atoms. The second-order valence-electron chi connectivity index (χ2n) is 5.99. The van der Waals surface area contributed by atoms with Gasteiger partial charge in [0.15, 0.2) is 0 Å². The number of amides is 1. The van der Waals surface area contributed by atoms with Crippen LogP contribution in [0.15, 0.2) is 18.2 Å². The largest absolute Gasteiger partial charge is 0.385 e. The second kappa shape index (κ2) is 7.48. The van der Waals surface area contributed by atoms with E-state index in [4.69, 9.17) is 0 Å². The Morgan fingerprint density at radius 2 is 2.00 bits per heavy atom. The molecule has 0 heterocycles. The molecule has 0 bridgehead atoms. The van der Waals surface area contributed by atoms with Gasteiger partial charge in [0, 0.05) is 30.4 Å². The van der Waals surface area contributed by atoms with Crippen LogP contribution in [0.5, 0.6) is 0 Å². The summed E-state index contributed by atoms with van der Waals surface area (Å²) in [6.07, 6.45) is 5.94. The lowest BCUT2D eigenvalue weighted by Crippen LogP contribution is -2.38. The second-order valence-corrected chi connectivity index (χ2v) is 5.99. The minimum atomic E-state index is 0.198. The van der Waals surface area contributed by atoms with E-state index in [1.54, 1.807) is 0 Å². The number of aryl methyl sites for hydroxylation is 1. The van der Waals surface area contributed by atoms with Crippen LogP contribution in [0.2, 0.25) is 0 Å². The summed E-state index contributed by atoms with van der Waals surface area (Å²) in [6.45, 7) is 8.04. The SMILES string of the molecule is CCCNc1ccc(C(=O)N(CC)C2CCCC2)c(C)c1. The van der Waals surface area contributed by atoms with Crippen molar-refractivity contribution in [1.82, 2.24) is 4.90 Å². The maximum absolute atomic E-state index is 12.8. The fourth-order valence-corrected chi connectivity index (χ4v) is 3.22. The average Bonchev–Trinajstić information content (AvgIpc) is 3.00. The average molecular weight is 288 g/mol. The number of hydrogen-bond donors (Lipinski definition) is 1. The standard InChI is InChI=1S/C18H28N2O/c1-4-12-19-15-10-11-17(14(3)13-15)18(21)20(5-2)16-8-6-7-9-16/h10-11,13,16,19H,4-9,12H2,1-3H3. The van der Waals surface area contributed by atoms with Crippen molar-refractivity contribution in [3.8, 4) is 0 Å². The molecular weight excluding hydrogens is 260 g/mol. The Labute approximate surface area is 128 Å². The van der Waals surface area contributed by atoms with Crippen LogP contribution in [-0.4, -0.2) is 29.9 Å². The molecule has 1 N–H and O–H groups in total. The Hall–Kier alpha value is -1.51. The molecule has 116 valence electrons. The summed E-state index contributed by atoms with van der Waals surface area (Å²) in [5.74, 6) is 0.198. The van der Waals surface area contributed by atoms with Gasteiger partial charge in [0.05, 0.1) is 0 Å². The van der Waals surface area contributed by atoms with E-state index in [1.807, 2.05) is 19.1 Å². The van der Waals surface area contributed by atoms with E-state index in [9.17, 15) is 4.79 Å². The van der Waals surface area contributed by atoms with Crippen molar-refractivity contribution in [2.45, 2.75) is 58.9 Å². The first-order valence-electron chi connectivity index (χ1n) is 8.32. The minimum Gasteiger partial charge on any atom is -0.385 e. The van der Waals surface area contributed by atoms with Crippen LogP contribution < -0.4 is 5.32 Å².